The summed E-state index contributed by atoms with van der Waals surface area (Å²) in [5.74, 6) is -0.230. The summed E-state index contributed by atoms with van der Waals surface area (Å²) in [6.07, 6.45) is 1.92. The first-order chi connectivity index (χ1) is 13.5. The van der Waals surface area contributed by atoms with Crippen LogP contribution in [-0.2, 0) is 16.0 Å². The second-order valence-electron chi connectivity index (χ2n) is 7.73. The van der Waals surface area contributed by atoms with Crippen LogP contribution in [0.3, 0.4) is 0 Å². The van der Waals surface area contributed by atoms with Crippen LogP contribution >= 0.6 is 11.6 Å². The van der Waals surface area contributed by atoms with E-state index in [0.29, 0.717) is 22.8 Å². The summed E-state index contributed by atoms with van der Waals surface area (Å²) in [5.41, 5.74) is 3.91. The molecule has 0 aromatic heterocycles. The predicted molar refractivity (Wildman–Crippen MR) is 112 cm³/mol. The van der Waals surface area contributed by atoms with Crippen molar-refractivity contribution >= 4 is 34.7 Å². The number of fused-ring (bicyclic) bond motifs is 1. The molecule has 0 fully saturated rings. The average Bonchev–Trinajstić information content (AvgIpc) is 2.92. The summed E-state index contributed by atoms with van der Waals surface area (Å²) in [5, 5.41) is 0.602. The Morgan fingerprint density at radius 1 is 1.00 bits per heavy atom. The first kappa shape index (κ1) is 18.8. The van der Waals surface area contributed by atoms with Crippen molar-refractivity contribution in [2.75, 3.05) is 18.0 Å². The Hall–Kier alpha value is -2.59. The number of carbonyl (C=O) groups is 2. The lowest BCUT2D eigenvalue weighted by molar-refractivity contribution is -0.137. The topological polar surface area (TPSA) is 40.6 Å². The Kier molecular flexibility index (Phi) is 4.98. The van der Waals surface area contributed by atoms with Gasteiger partial charge in [-0.25, -0.2) is 0 Å². The molecule has 28 heavy (non-hydrogen) atoms. The van der Waals surface area contributed by atoms with Crippen molar-refractivity contribution in [3.8, 4) is 0 Å². The van der Waals surface area contributed by atoms with Crippen LogP contribution in [0, 0.1) is 5.92 Å². The number of nitrogens with zero attached hydrogens (tertiary/aromatic N) is 2. The van der Waals surface area contributed by atoms with Gasteiger partial charge < -0.3 is 4.90 Å². The highest BCUT2D eigenvalue weighted by Gasteiger charge is 2.42. The first-order valence-electron chi connectivity index (χ1n) is 9.69. The van der Waals surface area contributed by atoms with Gasteiger partial charge >= 0.3 is 0 Å². The van der Waals surface area contributed by atoms with Crippen molar-refractivity contribution in [2.45, 2.75) is 26.7 Å². The fourth-order valence-corrected chi connectivity index (χ4v) is 4.11. The fourth-order valence-electron chi connectivity index (χ4n) is 3.99. The number of hydrogen-bond donors (Lipinski definition) is 0. The molecule has 0 bridgehead atoms. The number of para-hydroxylation sites is 1. The molecule has 2 heterocycles. The second kappa shape index (κ2) is 7.44. The number of rotatable bonds is 4. The number of hydrogen-bond acceptors (Lipinski definition) is 3. The van der Waals surface area contributed by atoms with Crippen LogP contribution in [0.25, 0.3) is 5.57 Å². The highest BCUT2D eigenvalue weighted by Crippen LogP contribution is 2.38. The Labute approximate surface area is 170 Å². The molecule has 2 aliphatic heterocycles. The number of halogens is 1. The summed E-state index contributed by atoms with van der Waals surface area (Å²) < 4.78 is 0. The van der Waals surface area contributed by atoms with E-state index in [1.807, 2.05) is 49.1 Å². The molecule has 0 saturated carbocycles. The van der Waals surface area contributed by atoms with E-state index < -0.39 is 0 Å². The Balaban J connectivity index is 1.88. The molecule has 0 N–H and O–H groups in total. The molecule has 5 heteroatoms. The number of carbonyl (C=O) groups excluding carboxylic acids is 2. The minimum absolute atomic E-state index is 0.201. The minimum Gasteiger partial charge on any atom is -0.336 e. The molecular weight excluding hydrogens is 372 g/mol. The molecule has 0 spiro atoms. The Bertz CT molecular complexity index is 963. The lowest BCUT2D eigenvalue weighted by Gasteiger charge is -2.32. The molecule has 2 aliphatic rings. The normalized spacial score (nSPS) is 17.0. The van der Waals surface area contributed by atoms with E-state index in [4.69, 9.17) is 11.6 Å². The van der Waals surface area contributed by atoms with E-state index in [9.17, 15) is 9.59 Å². The van der Waals surface area contributed by atoms with Gasteiger partial charge in [-0.05, 0) is 48.1 Å². The van der Waals surface area contributed by atoms with Gasteiger partial charge in [0.05, 0.1) is 5.57 Å². The van der Waals surface area contributed by atoms with Crippen LogP contribution in [0.2, 0.25) is 5.02 Å². The second-order valence-corrected chi connectivity index (χ2v) is 8.17. The molecule has 4 nitrogen and oxygen atoms in total. The largest absolute Gasteiger partial charge is 0.336 e. The smallest absolute Gasteiger partial charge is 0.278 e. The number of amides is 2. The summed E-state index contributed by atoms with van der Waals surface area (Å²) >= 11 is 6.04. The third-order valence-electron chi connectivity index (χ3n) is 5.20. The molecule has 2 amide bonds. The van der Waals surface area contributed by atoms with E-state index in [1.165, 1.54) is 10.5 Å². The van der Waals surface area contributed by atoms with Crippen molar-refractivity contribution in [3.63, 3.8) is 0 Å². The maximum atomic E-state index is 13.4. The third kappa shape index (κ3) is 3.22. The quantitative estimate of drug-likeness (QED) is 0.715. The lowest BCUT2D eigenvalue weighted by atomic mass is 9.98. The number of imide groups is 1. The molecule has 0 unspecified atom stereocenters. The van der Waals surface area contributed by atoms with Gasteiger partial charge in [0.1, 0.15) is 5.70 Å². The molecule has 2 aromatic carbocycles. The van der Waals surface area contributed by atoms with Gasteiger partial charge in [0.2, 0.25) is 0 Å². The van der Waals surface area contributed by atoms with Gasteiger partial charge in [-0.2, -0.15) is 0 Å². The molecule has 144 valence electrons. The van der Waals surface area contributed by atoms with Crippen LogP contribution in [-0.4, -0.2) is 29.8 Å². The maximum Gasteiger partial charge on any atom is 0.278 e. The molecule has 4 rings (SSSR count). The van der Waals surface area contributed by atoms with Crippen molar-refractivity contribution in [1.29, 1.82) is 0 Å². The molecule has 0 saturated heterocycles. The van der Waals surface area contributed by atoms with Gasteiger partial charge in [-0.3, -0.25) is 14.5 Å². The zero-order chi connectivity index (χ0) is 19.8. The maximum absolute atomic E-state index is 13.4. The SMILES string of the molecule is CC(C)CN1C(=O)C(c2ccc(Cl)cc2)=C(N2CCCc3ccccc32)C1=O. The van der Waals surface area contributed by atoms with Gasteiger partial charge in [-0.1, -0.05) is 55.8 Å². The van der Waals surface area contributed by atoms with Crippen molar-refractivity contribution in [3.05, 3.63) is 70.4 Å². The van der Waals surface area contributed by atoms with E-state index >= 15 is 0 Å². The van der Waals surface area contributed by atoms with Crippen molar-refractivity contribution in [1.82, 2.24) is 4.90 Å². The number of anilines is 1. The fraction of sp³-hybridized carbons (Fsp3) is 0.304. The average molecular weight is 395 g/mol. The number of benzene rings is 2. The van der Waals surface area contributed by atoms with Crippen molar-refractivity contribution < 1.29 is 9.59 Å². The summed E-state index contributed by atoms with van der Waals surface area (Å²) in [7, 11) is 0. The monoisotopic (exact) mass is 394 g/mol. The molecular formula is C23H23ClN2O2. The summed E-state index contributed by atoms with van der Waals surface area (Å²) in [6.45, 7) is 5.15. The van der Waals surface area contributed by atoms with Crippen LogP contribution in [0.5, 0.6) is 0 Å². The van der Waals surface area contributed by atoms with E-state index in [-0.39, 0.29) is 17.7 Å². The van der Waals surface area contributed by atoms with Gasteiger partial charge in [0.25, 0.3) is 11.8 Å². The zero-order valence-electron chi connectivity index (χ0n) is 16.1. The van der Waals surface area contributed by atoms with Crippen LogP contribution < -0.4 is 4.90 Å². The van der Waals surface area contributed by atoms with Crippen LogP contribution in [0.4, 0.5) is 5.69 Å². The van der Waals surface area contributed by atoms with Gasteiger partial charge in [-0.15, -0.1) is 0 Å². The van der Waals surface area contributed by atoms with E-state index in [0.717, 1.165) is 30.6 Å². The Morgan fingerprint density at radius 3 is 2.43 bits per heavy atom. The van der Waals surface area contributed by atoms with Crippen LogP contribution in [0.1, 0.15) is 31.4 Å². The van der Waals surface area contributed by atoms with Crippen molar-refractivity contribution in [2.24, 2.45) is 5.92 Å². The van der Waals surface area contributed by atoms with E-state index in [2.05, 4.69) is 6.07 Å². The Morgan fingerprint density at radius 2 is 1.71 bits per heavy atom. The minimum atomic E-state index is -0.223. The third-order valence-corrected chi connectivity index (χ3v) is 5.46. The zero-order valence-corrected chi connectivity index (χ0v) is 16.9. The number of aryl methyl sites for hydroxylation is 1. The molecule has 0 radical (unpaired) electrons. The van der Waals surface area contributed by atoms with E-state index in [1.54, 1.807) is 12.1 Å². The lowest BCUT2D eigenvalue weighted by Crippen LogP contribution is -2.38. The summed E-state index contributed by atoms with van der Waals surface area (Å²) in [6, 6.07) is 15.3. The van der Waals surface area contributed by atoms with Gasteiger partial charge in [0, 0.05) is 23.8 Å². The highest BCUT2D eigenvalue weighted by molar-refractivity contribution is 6.37. The standard InChI is InChI=1S/C23H23ClN2O2/c1-15(2)14-26-22(27)20(17-9-11-18(24)12-10-17)21(23(26)28)25-13-5-7-16-6-3-4-8-19(16)25/h3-4,6,8-12,15H,5,7,13-14H2,1-2H3. The molecule has 0 atom stereocenters. The molecule has 2 aromatic rings. The van der Waals surface area contributed by atoms with Gasteiger partial charge in [0.15, 0.2) is 0 Å². The predicted octanol–water partition coefficient (Wildman–Crippen LogP) is 4.53. The summed E-state index contributed by atoms with van der Waals surface area (Å²) in [4.78, 5) is 30.1. The highest BCUT2D eigenvalue weighted by atomic mass is 35.5. The van der Waals surface area contributed by atoms with Crippen LogP contribution in [0.15, 0.2) is 54.2 Å². The molecule has 0 aliphatic carbocycles. The first-order valence-corrected chi connectivity index (χ1v) is 10.1.